The highest BCUT2D eigenvalue weighted by atomic mass is 16.5. The summed E-state index contributed by atoms with van der Waals surface area (Å²) < 4.78 is 11.0. The zero-order valence-electron chi connectivity index (χ0n) is 14.2. The second-order valence-corrected chi connectivity index (χ2v) is 5.41. The van der Waals surface area contributed by atoms with Gasteiger partial charge in [-0.15, -0.1) is 0 Å². The number of aromatic carboxylic acids is 1. The van der Waals surface area contributed by atoms with Crippen LogP contribution in [0.4, 0.5) is 0 Å². The van der Waals surface area contributed by atoms with E-state index in [0.29, 0.717) is 0 Å². The van der Waals surface area contributed by atoms with Gasteiger partial charge in [0.25, 0.3) is 0 Å². The molecule has 0 saturated carbocycles. The third kappa shape index (κ3) is 4.16. The number of carboxylic acids is 1. The molecule has 126 valence electrons. The quantitative estimate of drug-likeness (QED) is 0.760. The summed E-state index contributed by atoms with van der Waals surface area (Å²) in [5.41, 5.74) is 3.24. The van der Waals surface area contributed by atoms with Gasteiger partial charge < -0.3 is 14.6 Å². The summed E-state index contributed by atoms with van der Waals surface area (Å²) in [6.07, 6.45) is 5.79. The van der Waals surface area contributed by atoms with Gasteiger partial charge in [-0.2, -0.15) is 0 Å². The van der Waals surface area contributed by atoms with Gasteiger partial charge in [-0.1, -0.05) is 37.6 Å². The summed E-state index contributed by atoms with van der Waals surface area (Å²) in [6.45, 7) is 2.12. The first-order chi connectivity index (χ1) is 11.6. The highest BCUT2D eigenvalue weighted by molar-refractivity contribution is 5.88. The minimum Gasteiger partial charge on any atom is -0.496 e. The molecule has 0 aliphatic rings. The maximum atomic E-state index is 10.9. The van der Waals surface area contributed by atoms with Gasteiger partial charge in [0.05, 0.1) is 19.8 Å². The van der Waals surface area contributed by atoms with Crippen LogP contribution in [-0.4, -0.2) is 25.3 Å². The van der Waals surface area contributed by atoms with Crippen LogP contribution in [0.2, 0.25) is 0 Å². The Hall–Kier alpha value is -2.75. The maximum Gasteiger partial charge on any atom is 0.335 e. The Balaban J connectivity index is 2.29. The second-order valence-electron chi connectivity index (χ2n) is 5.41. The van der Waals surface area contributed by atoms with Crippen molar-refractivity contribution in [1.29, 1.82) is 0 Å². The van der Waals surface area contributed by atoms with Gasteiger partial charge in [0.15, 0.2) is 0 Å². The number of carboxylic acid groups (broad SMARTS) is 1. The smallest absolute Gasteiger partial charge is 0.335 e. The van der Waals surface area contributed by atoms with Crippen molar-refractivity contribution in [2.75, 3.05) is 14.2 Å². The van der Waals surface area contributed by atoms with E-state index in [1.165, 1.54) is 0 Å². The predicted molar refractivity (Wildman–Crippen MR) is 95.9 cm³/mol. The fourth-order valence-corrected chi connectivity index (χ4v) is 2.53. The summed E-state index contributed by atoms with van der Waals surface area (Å²) >= 11 is 0. The molecule has 0 spiro atoms. The van der Waals surface area contributed by atoms with Crippen LogP contribution in [0.1, 0.15) is 40.4 Å². The highest BCUT2D eigenvalue weighted by Crippen LogP contribution is 2.32. The van der Waals surface area contributed by atoms with Crippen molar-refractivity contribution in [3.63, 3.8) is 0 Å². The fraction of sp³-hybridized carbons (Fsp3) is 0.250. The van der Waals surface area contributed by atoms with Crippen LogP contribution < -0.4 is 9.47 Å². The molecular formula is C20H22O4. The van der Waals surface area contributed by atoms with Gasteiger partial charge in [0.1, 0.15) is 11.5 Å². The van der Waals surface area contributed by atoms with Crippen LogP contribution in [0.5, 0.6) is 11.5 Å². The van der Waals surface area contributed by atoms with Crippen molar-refractivity contribution < 1.29 is 19.4 Å². The molecule has 2 rings (SSSR count). The zero-order chi connectivity index (χ0) is 17.5. The summed E-state index contributed by atoms with van der Waals surface area (Å²) in [7, 11) is 3.32. The summed E-state index contributed by atoms with van der Waals surface area (Å²) in [5.74, 6) is 0.709. The van der Waals surface area contributed by atoms with Crippen LogP contribution in [0.15, 0.2) is 36.4 Å². The lowest BCUT2D eigenvalue weighted by atomic mass is 10.0. The van der Waals surface area contributed by atoms with Crippen LogP contribution in [0.25, 0.3) is 12.2 Å². The number of hydrogen-bond acceptors (Lipinski definition) is 3. The first-order valence-corrected chi connectivity index (χ1v) is 7.85. The molecule has 0 atom stereocenters. The maximum absolute atomic E-state index is 10.9. The lowest BCUT2D eigenvalue weighted by Crippen LogP contribution is -1.97. The van der Waals surface area contributed by atoms with Crippen LogP contribution in [-0.2, 0) is 6.42 Å². The highest BCUT2D eigenvalue weighted by Gasteiger charge is 2.10. The summed E-state index contributed by atoms with van der Waals surface area (Å²) in [4.78, 5) is 10.9. The molecule has 0 aromatic heterocycles. The fourth-order valence-electron chi connectivity index (χ4n) is 2.53. The van der Waals surface area contributed by atoms with E-state index in [2.05, 4.69) is 6.92 Å². The topological polar surface area (TPSA) is 55.8 Å². The second kappa shape index (κ2) is 8.20. The van der Waals surface area contributed by atoms with Crippen molar-refractivity contribution in [1.82, 2.24) is 0 Å². The van der Waals surface area contributed by atoms with E-state index >= 15 is 0 Å². The standard InChI is InChI=1S/C20H22O4/c1-4-5-17-18(23-2)12-15(13-19(17)24-3)7-6-14-8-10-16(11-9-14)20(21)22/h6-13H,4-5H2,1-3H3,(H,21,22). The first-order valence-electron chi connectivity index (χ1n) is 7.85. The van der Waals surface area contributed by atoms with Gasteiger partial charge in [-0.25, -0.2) is 4.79 Å². The molecule has 2 aromatic rings. The van der Waals surface area contributed by atoms with Gasteiger partial charge in [0.2, 0.25) is 0 Å². The van der Waals surface area contributed by atoms with Crippen LogP contribution >= 0.6 is 0 Å². The molecule has 0 unspecified atom stereocenters. The number of hydrogen-bond donors (Lipinski definition) is 1. The predicted octanol–water partition coefficient (Wildman–Crippen LogP) is 4.52. The Morgan fingerprint density at radius 3 is 2.00 bits per heavy atom. The third-order valence-corrected chi connectivity index (χ3v) is 3.76. The van der Waals surface area contributed by atoms with E-state index in [1.54, 1.807) is 38.5 Å². The van der Waals surface area contributed by atoms with E-state index in [-0.39, 0.29) is 5.56 Å². The Kier molecular flexibility index (Phi) is 6.01. The lowest BCUT2D eigenvalue weighted by molar-refractivity contribution is 0.0697. The monoisotopic (exact) mass is 326 g/mol. The molecular weight excluding hydrogens is 304 g/mol. The molecule has 1 N–H and O–H groups in total. The van der Waals surface area contributed by atoms with Gasteiger partial charge in [-0.3, -0.25) is 0 Å². The molecule has 2 aromatic carbocycles. The molecule has 0 radical (unpaired) electrons. The van der Waals surface area contributed by atoms with Crippen molar-refractivity contribution in [2.45, 2.75) is 19.8 Å². The number of benzene rings is 2. The summed E-state index contributed by atoms with van der Waals surface area (Å²) in [6, 6.07) is 10.7. The van der Waals surface area contributed by atoms with Crippen molar-refractivity contribution in [3.05, 3.63) is 58.7 Å². The summed E-state index contributed by atoms with van der Waals surface area (Å²) in [5, 5.41) is 8.92. The first kappa shape index (κ1) is 17.6. The SMILES string of the molecule is CCCc1c(OC)cc(C=Cc2ccc(C(=O)O)cc2)cc1OC. The van der Waals surface area contributed by atoms with Gasteiger partial charge in [-0.05, 0) is 41.8 Å². The minimum atomic E-state index is -0.925. The number of carbonyl (C=O) groups is 1. The average molecular weight is 326 g/mol. The van der Waals surface area contributed by atoms with E-state index in [9.17, 15) is 4.79 Å². The molecule has 0 saturated heterocycles. The zero-order valence-corrected chi connectivity index (χ0v) is 14.2. The van der Waals surface area contributed by atoms with Gasteiger partial charge >= 0.3 is 5.97 Å². The largest absolute Gasteiger partial charge is 0.496 e. The normalized spacial score (nSPS) is 10.8. The minimum absolute atomic E-state index is 0.277. The molecule has 0 heterocycles. The Morgan fingerprint density at radius 2 is 1.54 bits per heavy atom. The van der Waals surface area contributed by atoms with Crippen molar-refractivity contribution in [3.8, 4) is 11.5 Å². The molecule has 4 nitrogen and oxygen atoms in total. The molecule has 0 aliphatic heterocycles. The molecule has 0 amide bonds. The van der Waals surface area contributed by atoms with Crippen molar-refractivity contribution >= 4 is 18.1 Å². The number of ether oxygens (including phenoxy) is 2. The van der Waals surface area contributed by atoms with Crippen molar-refractivity contribution in [2.24, 2.45) is 0 Å². The van der Waals surface area contributed by atoms with E-state index in [1.807, 2.05) is 24.3 Å². The van der Waals surface area contributed by atoms with E-state index in [4.69, 9.17) is 14.6 Å². The number of rotatable bonds is 7. The molecule has 4 heteroatoms. The number of methoxy groups -OCH3 is 2. The Bertz CT molecular complexity index is 705. The van der Waals surface area contributed by atoms with E-state index < -0.39 is 5.97 Å². The Labute approximate surface area is 142 Å². The van der Waals surface area contributed by atoms with Crippen LogP contribution in [0, 0.1) is 0 Å². The Morgan fingerprint density at radius 1 is 1.00 bits per heavy atom. The average Bonchev–Trinajstić information content (AvgIpc) is 2.61. The van der Waals surface area contributed by atoms with Crippen LogP contribution in [0.3, 0.4) is 0 Å². The molecule has 0 aliphatic carbocycles. The molecule has 0 fully saturated rings. The lowest BCUT2D eigenvalue weighted by Gasteiger charge is -2.14. The van der Waals surface area contributed by atoms with E-state index in [0.717, 1.165) is 41.0 Å². The third-order valence-electron chi connectivity index (χ3n) is 3.76. The molecule has 24 heavy (non-hydrogen) atoms. The van der Waals surface area contributed by atoms with Gasteiger partial charge in [0, 0.05) is 5.56 Å². The molecule has 0 bridgehead atoms.